The molecular weight excluding hydrogens is 396 g/mol. The quantitative estimate of drug-likeness (QED) is 0.379. The van der Waals surface area contributed by atoms with Crippen LogP contribution in [0.2, 0.25) is 0 Å². The molecule has 1 heterocycles. The van der Waals surface area contributed by atoms with Gasteiger partial charge in [-0.2, -0.15) is 0 Å². The van der Waals surface area contributed by atoms with Gasteiger partial charge in [-0.25, -0.2) is 4.98 Å². The standard InChI is InChI=1S/C28H28N2O2/c1-5-19-10-9-11-20(6-2)27(19)30-28(31)25-18(3)26(21-14-16-22(32-4)17-15-21)29-24-13-8-7-12-23(24)25/h7-17H,5-6H2,1-4H3,(H,30,31). The van der Waals surface area contributed by atoms with Gasteiger partial charge in [-0.05, 0) is 66.8 Å². The normalized spacial score (nSPS) is 10.9. The summed E-state index contributed by atoms with van der Waals surface area (Å²) < 4.78 is 5.29. The number of methoxy groups -OCH3 is 1. The fourth-order valence-electron chi connectivity index (χ4n) is 4.21. The number of hydrogen-bond donors (Lipinski definition) is 1. The highest BCUT2D eigenvalue weighted by atomic mass is 16.5. The first-order valence-electron chi connectivity index (χ1n) is 11.0. The number of amides is 1. The molecule has 1 amide bonds. The van der Waals surface area contributed by atoms with E-state index < -0.39 is 0 Å². The molecule has 32 heavy (non-hydrogen) atoms. The molecule has 4 aromatic rings. The highest BCUT2D eigenvalue weighted by molar-refractivity contribution is 6.14. The van der Waals surface area contributed by atoms with Crippen LogP contribution in [-0.2, 0) is 12.8 Å². The first-order valence-corrected chi connectivity index (χ1v) is 11.0. The third-order valence-corrected chi connectivity index (χ3v) is 5.96. The van der Waals surface area contributed by atoms with Crippen LogP contribution in [0, 0.1) is 6.92 Å². The van der Waals surface area contributed by atoms with E-state index in [9.17, 15) is 4.79 Å². The highest BCUT2D eigenvalue weighted by Gasteiger charge is 2.20. The van der Waals surface area contributed by atoms with E-state index in [1.165, 1.54) is 0 Å². The summed E-state index contributed by atoms with van der Waals surface area (Å²) in [6, 6.07) is 21.8. The van der Waals surface area contributed by atoms with Crippen molar-refractivity contribution in [1.29, 1.82) is 0 Å². The summed E-state index contributed by atoms with van der Waals surface area (Å²) in [5.41, 5.74) is 7.28. The molecule has 0 radical (unpaired) electrons. The maximum atomic E-state index is 13.7. The lowest BCUT2D eigenvalue weighted by Crippen LogP contribution is -2.17. The van der Waals surface area contributed by atoms with Crippen molar-refractivity contribution in [1.82, 2.24) is 4.98 Å². The van der Waals surface area contributed by atoms with Crippen LogP contribution in [0.5, 0.6) is 5.75 Å². The Kier molecular flexibility index (Phi) is 6.22. The summed E-state index contributed by atoms with van der Waals surface area (Å²) in [5, 5.41) is 4.09. The Balaban J connectivity index is 1.87. The second kappa shape index (κ2) is 9.23. The molecule has 0 aliphatic rings. The van der Waals surface area contributed by atoms with Gasteiger partial charge in [-0.3, -0.25) is 4.79 Å². The predicted octanol–water partition coefficient (Wildman–Crippen LogP) is 6.60. The number of para-hydroxylation sites is 2. The number of fused-ring (bicyclic) bond motifs is 1. The number of ether oxygens (including phenoxy) is 1. The summed E-state index contributed by atoms with van der Waals surface area (Å²) in [6.07, 6.45) is 1.72. The van der Waals surface area contributed by atoms with Crippen LogP contribution in [0.25, 0.3) is 22.2 Å². The minimum atomic E-state index is -0.105. The number of aryl methyl sites for hydroxylation is 2. The zero-order valence-electron chi connectivity index (χ0n) is 19.0. The van der Waals surface area contributed by atoms with Crippen molar-refractivity contribution >= 4 is 22.5 Å². The number of aromatic nitrogens is 1. The van der Waals surface area contributed by atoms with Crippen LogP contribution < -0.4 is 10.1 Å². The Labute approximate surface area is 189 Å². The maximum absolute atomic E-state index is 13.7. The van der Waals surface area contributed by atoms with Crippen LogP contribution in [0.3, 0.4) is 0 Å². The third kappa shape index (κ3) is 3.96. The highest BCUT2D eigenvalue weighted by Crippen LogP contribution is 2.32. The zero-order valence-corrected chi connectivity index (χ0v) is 19.0. The SMILES string of the molecule is CCc1cccc(CC)c1NC(=O)c1c(C)c(-c2ccc(OC)cc2)nc2ccccc12. The lowest BCUT2D eigenvalue weighted by molar-refractivity contribution is 0.102. The van der Waals surface area contributed by atoms with E-state index in [0.29, 0.717) is 5.56 Å². The largest absolute Gasteiger partial charge is 0.497 e. The van der Waals surface area contributed by atoms with Gasteiger partial charge >= 0.3 is 0 Å². The first-order chi connectivity index (χ1) is 15.6. The minimum Gasteiger partial charge on any atom is -0.497 e. The van der Waals surface area contributed by atoms with Crippen LogP contribution in [0.15, 0.2) is 66.7 Å². The second-order valence-corrected chi connectivity index (χ2v) is 7.82. The average Bonchev–Trinajstić information content (AvgIpc) is 2.83. The summed E-state index contributed by atoms with van der Waals surface area (Å²) in [6.45, 7) is 6.19. The summed E-state index contributed by atoms with van der Waals surface area (Å²) >= 11 is 0. The van der Waals surface area contributed by atoms with E-state index in [0.717, 1.165) is 63.1 Å². The Morgan fingerprint density at radius 2 is 1.56 bits per heavy atom. The molecule has 0 atom stereocenters. The van der Waals surface area contributed by atoms with Gasteiger partial charge in [0, 0.05) is 16.6 Å². The number of carbonyl (C=O) groups excluding carboxylic acids is 1. The Bertz CT molecular complexity index is 1250. The van der Waals surface area contributed by atoms with Crippen LogP contribution >= 0.6 is 0 Å². The third-order valence-electron chi connectivity index (χ3n) is 5.96. The number of nitrogens with zero attached hydrogens (tertiary/aromatic N) is 1. The Morgan fingerprint density at radius 3 is 2.19 bits per heavy atom. The lowest BCUT2D eigenvalue weighted by atomic mass is 9.96. The maximum Gasteiger partial charge on any atom is 0.256 e. The van der Waals surface area contributed by atoms with E-state index in [4.69, 9.17) is 9.72 Å². The minimum absolute atomic E-state index is 0.105. The molecule has 0 fully saturated rings. The molecule has 0 saturated carbocycles. The van der Waals surface area contributed by atoms with E-state index in [2.05, 4.69) is 37.4 Å². The predicted molar refractivity (Wildman–Crippen MR) is 132 cm³/mol. The number of benzene rings is 3. The van der Waals surface area contributed by atoms with Gasteiger partial charge in [0.1, 0.15) is 5.75 Å². The zero-order chi connectivity index (χ0) is 22.7. The molecule has 4 rings (SSSR count). The number of carbonyl (C=O) groups is 1. The van der Waals surface area contributed by atoms with Gasteiger partial charge in [-0.15, -0.1) is 0 Å². The van der Waals surface area contributed by atoms with Gasteiger partial charge in [0.15, 0.2) is 0 Å². The molecule has 4 heteroatoms. The molecular formula is C28H28N2O2. The van der Waals surface area contributed by atoms with E-state index in [-0.39, 0.29) is 5.91 Å². The molecule has 0 unspecified atom stereocenters. The molecule has 3 aromatic carbocycles. The monoisotopic (exact) mass is 424 g/mol. The number of pyridine rings is 1. The Morgan fingerprint density at radius 1 is 0.906 bits per heavy atom. The summed E-state index contributed by atoms with van der Waals surface area (Å²) in [7, 11) is 1.65. The van der Waals surface area contributed by atoms with Crippen LogP contribution in [0.4, 0.5) is 5.69 Å². The van der Waals surface area contributed by atoms with Gasteiger partial charge in [-0.1, -0.05) is 50.2 Å². The molecule has 1 N–H and O–H groups in total. The molecule has 162 valence electrons. The van der Waals surface area contributed by atoms with Crippen molar-refractivity contribution in [2.24, 2.45) is 0 Å². The molecule has 1 aromatic heterocycles. The van der Waals surface area contributed by atoms with E-state index in [1.54, 1.807) is 7.11 Å². The number of rotatable bonds is 6. The van der Waals surface area contributed by atoms with E-state index in [1.807, 2.05) is 55.5 Å². The molecule has 0 spiro atoms. The van der Waals surface area contributed by atoms with Crippen LogP contribution in [-0.4, -0.2) is 18.0 Å². The van der Waals surface area contributed by atoms with Gasteiger partial charge < -0.3 is 10.1 Å². The van der Waals surface area contributed by atoms with Crippen molar-refractivity contribution in [3.63, 3.8) is 0 Å². The molecule has 0 aliphatic heterocycles. The van der Waals surface area contributed by atoms with Crippen molar-refractivity contribution in [3.05, 3.63) is 89.0 Å². The van der Waals surface area contributed by atoms with Gasteiger partial charge in [0.25, 0.3) is 5.91 Å². The lowest BCUT2D eigenvalue weighted by Gasteiger charge is -2.18. The van der Waals surface area contributed by atoms with E-state index >= 15 is 0 Å². The molecule has 4 nitrogen and oxygen atoms in total. The molecule has 0 bridgehead atoms. The molecule has 0 aliphatic carbocycles. The number of nitrogens with one attached hydrogen (secondary N) is 1. The summed E-state index contributed by atoms with van der Waals surface area (Å²) in [4.78, 5) is 18.6. The fraction of sp³-hybridized carbons (Fsp3) is 0.214. The summed E-state index contributed by atoms with van der Waals surface area (Å²) in [5.74, 6) is 0.680. The second-order valence-electron chi connectivity index (χ2n) is 7.82. The first kappa shape index (κ1) is 21.6. The van der Waals surface area contributed by atoms with Crippen molar-refractivity contribution < 1.29 is 9.53 Å². The number of hydrogen-bond acceptors (Lipinski definition) is 3. The number of anilines is 1. The van der Waals surface area contributed by atoms with Crippen molar-refractivity contribution in [3.8, 4) is 17.0 Å². The van der Waals surface area contributed by atoms with Crippen LogP contribution in [0.1, 0.15) is 40.9 Å². The topological polar surface area (TPSA) is 51.2 Å². The smallest absolute Gasteiger partial charge is 0.256 e. The Hall–Kier alpha value is -3.66. The van der Waals surface area contributed by atoms with Gasteiger partial charge in [0.05, 0.1) is 23.9 Å². The average molecular weight is 425 g/mol. The molecule has 0 saturated heterocycles. The van der Waals surface area contributed by atoms with Crippen molar-refractivity contribution in [2.75, 3.05) is 12.4 Å². The fourth-order valence-corrected chi connectivity index (χ4v) is 4.21. The van der Waals surface area contributed by atoms with Gasteiger partial charge in [0.2, 0.25) is 0 Å². The van der Waals surface area contributed by atoms with Crippen molar-refractivity contribution in [2.45, 2.75) is 33.6 Å².